The summed E-state index contributed by atoms with van der Waals surface area (Å²) in [5, 5.41) is 58.1. The number of benzene rings is 6. The summed E-state index contributed by atoms with van der Waals surface area (Å²) in [5.41, 5.74) is -1.18. The molecule has 0 amide bonds. The van der Waals surface area contributed by atoms with E-state index in [0.717, 1.165) is 24.3 Å². The summed E-state index contributed by atoms with van der Waals surface area (Å²) in [6.07, 6.45) is 0. The molecule has 0 spiro atoms. The van der Waals surface area contributed by atoms with Crippen LogP contribution in [0, 0.1) is 0 Å². The summed E-state index contributed by atoms with van der Waals surface area (Å²) in [4.78, 5) is -0.997. The molecule has 2 aliphatic rings. The Kier molecular flexibility index (Phi) is 14.0. The van der Waals surface area contributed by atoms with E-state index in [1.54, 1.807) is 48.5 Å². The van der Waals surface area contributed by atoms with E-state index in [9.17, 15) is 54.1 Å². The van der Waals surface area contributed by atoms with E-state index < -0.39 is 63.1 Å². The van der Waals surface area contributed by atoms with E-state index in [0.29, 0.717) is 21.5 Å². The predicted molar refractivity (Wildman–Crippen MR) is 214 cm³/mol. The second-order valence-electron chi connectivity index (χ2n) is 12.7. The minimum absolute atomic E-state index is 0. The summed E-state index contributed by atoms with van der Waals surface area (Å²) in [7, 11) is -13.0. The van der Waals surface area contributed by atoms with Crippen LogP contribution in [-0.4, -0.2) is 80.1 Å². The number of phenols is 4. The van der Waals surface area contributed by atoms with Crippen molar-refractivity contribution in [2.45, 2.75) is 19.6 Å². The minimum atomic E-state index is -3.90. The molecule has 6 aromatic carbocycles. The first-order valence-corrected chi connectivity index (χ1v) is 23.2. The smallest absolute Gasteiger partial charge is 0.506 e. The van der Waals surface area contributed by atoms with Crippen LogP contribution in [0.3, 0.4) is 0 Å². The Hall–Kier alpha value is -4.93. The molecule has 1 radical (unpaired) electrons. The molecule has 321 valence electrons. The van der Waals surface area contributed by atoms with Crippen LogP contribution in [0.1, 0.15) is 0 Å². The first-order chi connectivity index (χ1) is 28.3. The second kappa shape index (κ2) is 18.0. The third-order valence-corrected chi connectivity index (χ3v) is 14.7. The second-order valence-corrected chi connectivity index (χ2v) is 20.2. The number of fused-ring (bicyclic) bond motifs is 6. The van der Waals surface area contributed by atoms with Gasteiger partial charge in [-0.15, -0.1) is 20.5 Å². The largest absolute Gasteiger partial charge is 1.00 e. The zero-order valence-electron chi connectivity index (χ0n) is 32.1. The molecule has 2 heterocycles. The molecule has 0 fully saturated rings. The first-order valence-electron chi connectivity index (χ1n) is 16.9. The zero-order valence-corrected chi connectivity index (χ0v) is 38.4. The molecular formula is C36H30CoN6NaO14S4+. The normalized spacial score (nSPS) is 14.9. The molecule has 62 heavy (non-hydrogen) atoms. The van der Waals surface area contributed by atoms with Crippen LogP contribution in [0.5, 0.6) is 34.5 Å². The molecule has 0 bridgehead atoms. The van der Waals surface area contributed by atoms with Gasteiger partial charge in [0.1, 0.15) is 44.2 Å². The van der Waals surface area contributed by atoms with E-state index in [1.807, 2.05) is 0 Å². The van der Waals surface area contributed by atoms with Gasteiger partial charge in [-0.25, -0.2) is 43.1 Å². The molecule has 8 rings (SSSR count). The van der Waals surface area contributed by atoms with E-state index in [2.05, 4.69) is 29.9 Å². The summed E-state index contributed by atoms with van der Waals surface area (Å²) in [6.45, 7) is 0. The van der Waals surface area contributed by atoms with Gasteiger partial charge in [0.25, 0.3) is 0 Å². The Balaban J connectivity index is 0.000000227. The summed E-state index contributed by atoms with van der Waals surface area (Å²) in [5.74, 6) is -2.75. The number of nitrogens with one attached hydrogen (secondary N) is 2. The molecule has 6 aromatic rings. The number of nitrogens with zero attached hydrogens (tertiary/aromatic N) is 4. The number of sulfonamides is 2. The van der Waals surface area contributed by atoms with Gasteiger partial charge in [-0.1, -0.05) is 48.5 Å². The predicted octanol–water partition coefficient (Wildman–Crippen LogP) is 2.40. The number of phenolic OH excluding ortho intramolecular Hbond substituents is 4. The number of ether oxygens (including phenoxy) is 2. The van der Waals surface area contributed by atoms with Crippen LogP contribution in [0.15, 0.2) is 125 Å². The average Bonchev–Trinajstić information content (AvgIpc) is 3.73. The van der Waals surface area contributed by atoms with Crippen molar-refractivity contribution < 1.29 is 110 Å². The minimum Gasteiger partial charge on any atom is -0.506 e. The SMILES string of the molecule is CNS(=O)(=O)c1ccc(O)c(N=Nc2c3c(c4ccccc4c2O)OCS3(=O)=O)c1.CNS(=O)(=O)c1ccc(O)c(N=Nc2c3c(c4ccccc4c2O)OCS3(=O)=O)c1.[Co].[Na+]. The van der Waals surface area contributed by atoms with Crippen molar-refractivity contribution in [2.75, 3.05) is 26.0 Å². The number of azo groups is 2. The number of hydrogen-bond acceptors (Lipinski definition) is 18. The fraction of sp³-hybridized carbons (Fsp3) is 0.111. The average molecular weight is 981 g/mol. The van der Waals surface area contributed by atoms with Crippen LogP contribution < -0.4 is 48.5 Å². The molecule has 0 aromatic heterocycles. The van der Waals surface area contributed by atoms with Gasteiger partial charge >= 0.3 is 29.6 Å². The Morgan fingerprint density at radius 3 is 1.23 bits per heavy atom. The molecular weight excluding hydrogens is 951 g/mol. The van der Waals surface area contributed by atoms with Crippen molar-refractivity contribution in [1.29, 1.82) is 0 Å². The van der Waals surface area contributed by atoms with Crippen LogP contribution in [0.4, 0.5) is 22.7 Å². The number of sulfone groups is 2. The van der Waals surface area contributed by atoms with E-state index in [-0.39, 0.29) is 112 Å². The van der Waals surface area contributed by atoms with E-state index >= 15 is 0 Å². The van der Waals surface area contributed by atoms with Gasteiger partial charge in [-0.2, -0.15) is 0 Å². The maximum absolute atomic E-state index is 12.5. The molecule has 2 aliphatic heterocycles. The van der Waals surface area contributed by atoms with Gasteiger partial charge in [0.15, 0.2) is 34.8 Å². The molecule has 0 saturated heterocycles. The van der Waals surface area contributed by atoms with E-state index in [4.69, 9.17) is 9.47 Å². The van der Waals surface area contributed by atoms with Gasteiger partial charge in [0, 0.05) is 38.3 Å². The van der Waals surface area contributed by atoms with Gasteiger partial charge in [-0.05, 0) is 50.5 Å². The van der Waals surface area contributed by atoms with Gasteiger partial charge in [0.2, 0.25) is 39.7 Å². The maximum atomic E-state index is 12.5. The van der Waals surface area contributed by atoms with Crippen LogP contribution in [-0.2, 0) is 56.5 Å². The van der Waals surface area contributed by atoms with Crippen LogP contribution in [0.2, 0.25) is 0 Å². The van der Waals surface area contributed by atoms with E-state index in [1.165, 1.54) is 26.2 Å². The summed E-state index contributed by atoms with van der Waals surface area (Å²) < 4.78 is 113. The quantitative estimate of drug-likeness (QED) is 0.0943. The first kappa shape index (κ1) is 48.1. The fourth-order valence-corrected chi connectivity index (χ4v) is 10.1. The van der Waals surface area contributed by atoms with Gasteiger partial charge < -0.3 is 29.9 Å². The molecule has 0 unspecified atom stereocenters. The molecule has 0 saturated carbocycles. The van der Waals surface area contributed by atoms with Crippen LogP contribution >= 0.6 is 0 Å². The third kappa shape index (κ3) is 8.82. The molecule has 6 N–H and O–H groups in total. The molecule has 26 heteroatoms. The molecule has 0 atom stereocenters. The third-order valence-electron chi connectivity index (χ3n) is 9.05. The maximum Gasteiger partial charge on any atom is 1.00 e. The Morgan fingerprint density at radius 1 is 0.548 bits per heavy atom. The Labute approximate surface area is 385 Å². The van der Waals surface area contributed by atoms with Crippen molar-refractivity contribution in [1.82, 2.24) is 9.44 Å². The molecule has 0 aliphatic carbocycles. The summed E-state index contributed by atoms with van der Waals surface area (Å²) >= 11 is 0. The van der Waals surface area contributed by atoms with Crippen molar-refractivity contribution in [2.24, 2.45) is 20.5 Å². The van der Waals surface area contributed by atoms with Gasteiger partial charge in [-0.3, -0.25) is 0 Å². The van der Waals surface area contributed by atoms with Crippen molar-refractivity contribution in [3.8, 4) is 34.5 Å². The monoisotopic (exact) mass is 980 g/mol. The number of hydrogen-bond donors (Lipinski definition) is 6. The van der Waals surface area contributed by atoms with Gasteiger partial charge in [0.05, 0.1) is 9.79 Å². The standard InChI is InChI=1S/2C18H15N3O7S2.Co.Na/c2*1-19-30(26,27)10-6-7-14(22)13(8-10)20-21-15-16(23)11-4-2-3-5-12(11)17-18(15)29(24,25)9-28-17;;/h2*2-8,19,22-23H,9H2,1H3;;/q;;;+1. The zero-order chi connectivity index (χ0) is 43.4. The Morgan fingerprint density at radius 2 is 0.887 bits per heavy atom. The van der Waals surface area contributed by atoms with Crippen molar-refractivity contribution >= 4 is 84.0 Å². The topological polar surface area (TPSA) is 309 Å². The number of aromatic hydroxyl groups is 4. The fourth-order valence-electron chi connectivity index (χ4n) is 6.09. The van der Waals surface area contributed by atoms with Crippen LogP contribution in [0.25, 0.3) is 21.5 Å². The van der Waals surface area contributed by atoms with Crippen molar-refractivity contribution in [3.05, 3.63) is 84.9 Å². The molecule has 20 nitrogen and oxygen atoms in total. The number of rotatable bonds is 8. The van der Waals surface area contributed by atoms with Crippen molar-refractivity contribution in [3.63, 3.8) is 0 Å². The Bertz CT molecular complexity index is 3100. The summed E-state index contributed by atoms with van der Waals surface area (Å²) in [6, 6.07) is 19.7.